The first-order chi connectivity index (χ1) is 13.7. The molecule has 1 aliphatic heterocycles. The minimum absolute atomic E-state index is 0.134. The minimum atomic E-state index is -0.134. The summed E-state index contributed by atoms with van der Waals surface area (Å²) in [4.78, 5) is 12.5. The lowest BCUT2D eigenvalue weighted by Gasteiger charge is -2.14. The summed E-state index contributed by atoms with van der Waals surface area (Å²) < 4.78 is 12.5. The Balaban J connectivity index is 1.73. The van der Waals surface area contributed by atoms with Crippen LogP contribution in [0.2, 0.25) is 0 Å². The fourth-order valence-corrected chi connectivity index (χ4v) is 3.51. The Morgan fingerprint density at radius 3 is 2.64 bits per heavy atom. The van der Waals surface area contributed by atoms with Crippen LogP contribution in [-0.4, -0.2) is 13.0 Å². The third kappa shape index (κ3) is 3.66. The third-order valence-electron chi connectivity index (χ3n) is 4.52. The van der Waals surface area contributed by atoms with E-state index >= 15 is 0 Å². The maximum atomic E-state index is 12.5. The van der Waals surface area contributed by atoms with E-state index in [2.05, 4.69) is 21.2 Å². The van der Waals surface area contributed by atoms with Gasteiger partial charge in [0.1, 0.15) is 6.61 Å². The number of rotatable bonds is 5. The van der Waals surface area contributed by atoms with Crippen molar-refractivity contribution in [3.8, 4) is 11.5 Å². The van der Waals surface area contributed by atoms with Gasteiger partial charge in [0.05, 0.1) is 7.11 Å². The van der Waals surface area contributed by atoms with E-state index < -0.39 is 0 Å². The lowest BCUT2D eigenvalue weighted by atomic mass is 10.0. The Kier molecular flexibility index (Phi) is 5.17. The van der Waals surface area contributed by atoms with Crippen molar-refractivity contribution in [1.29, 1.82) is 0 Å². The first kappa shape index (κ1) is 18.3. The highest BCUT2D eigenvalue weighted by atomic mass is 79.9. The molecule has 4 rings (SSSR count). The highest BCUT2D eigenvalue weighted by molar-refractivity contribution is 9.10. The number of ether oxygens (including phenoxy) is 2. The van der Waals surface area contributed by atoms with Crippen LogP contribution < -0.4 is 14.8 Å². The van der Waals surface area contributed by atoms with Crippen LogP contribution in [0.1, 0.15) is 16.7 Å². The molecule has 3 aromatic carbocycles. The zero-order valence-corrected chi connectivity index (χ0v) is 16.8. The van der Waals surface area contributed by atoms with E-state index in [-0.39, 0.29) is 5.91 Å². The molecule has 0 aliphatic carbocycles. The predicted octanol–water partition coefficient (Wildman–Crippen LogP) is 5.53. The highest BCUT2D eigenvalue weighted by Crippen LogP contribution is 2.38. The molecule has 140 valence electrons. The van der Waals surface area contributed by atoms with Crippen molar-refractivity contribution < 1.29 is 14.3 Å². The fraction of sp³-hybridized carbons (Fsp3) is 0.0870. The van der Waals surface area contributed by atoms with E-state index in [4.69, 9.17) is 9.47 Å². The Labute approximate surface area is 171 Å². The number of hydrogen-bond donors (Lipinski definition) is 1. The lowest BCUT2D eigenvalue weighted by Crippen LogP contribution is -2.04. The molecule has 1 aliphatic rings. The summed E-state index contributed by atoms with van der Waals surface area (Å²) in [5, 5.41) is 2.90. The molecule has 0 fully saturated rings. The van der Waals surface area contributed by atoms with Crippen molar-refractivity contribution in [1.82, 2.24) is 0 Å². The molecule has 5 heteroatoms. The van der Waals surface area contributed by atoms with Gasteiger partial charge in [-0.2, -0.15) is 0 Å². The second-order valence-electron chi connectivity index (χ2n) is 6.35. The molecule has 1 amide bonds. The summed E-state index contributed by atoms with van der Waals surface area (Å²) in [6.07, 6.45) is 1.84. The average Bonchev–Trinajstić information content (AvgIpc) is 3.02. The van der Waals surface area contributed by atoms with Crippen LogP contribution in [0.15, 0.2) is 71.2 Å². The molecule has 0 unspecified atom stereocenters. The van der Waals surface area contributed by atoms with Crippen LogP contribution in [0.25, 0.3) is 11.6 Å². The zero-order chi connectivity index (χ0) is 19.5. The smallest absolute Gasteiger partial charge is 0.256 e. The summed E-state index contributed by atoms with van der Waals surface area (Å²) >= 11 is 3.47. The molecule has 0 radical (unpaired) electrons. The summed E-state index contributed by atoms with van der Waals surface area (Å²) in [5.41, 5.74) is 4.09. The third-order valence-corrected chi connectivity index (χ3v) is 5.01. The van der Waals surface area contributed by atoms with E-state index in [0.717, 1.165) is 26.9 Å². The van der Waals surface area contributed by atoms with E-state index in [1.807, 2.05) is 72.8 Å². The van der Waals surface area contributed by atoms with E-state index in [1.54, 1.807) is 7.11 Å². The van der Waals surface area contributed by atoms with Gasteiger partial charge in [0.15, 0.2) is 11.5 Å². The second-order valence-corrected chi connectivity index (χ2v) is 7.27. The quantitative estimate of drug-likeness (QED) is 0.535. The first-order valence-electron chi connectivity index (χ1n) is 8.82. The van der Waals surface area contributed by atoms with Crippen molar-refractivity contribution in [2.75, 3.05) is 12.4 Å². The number of fused-ring (bicyclic) bond motifs is 1. The molecule has 1 heterocycles. The Morgan fingerprint density at radius 1 is 1.04 bits per heavy atom. The van der Waals surface area contributed by atoms with Crippen molar-refractivity contribution in [3.05, 3.63) is 87.9 Å². The van der Waals surface area contributed by atoms with E-state index in [0.29, 0.717) is 23.7 Å². The number of carbonyl (C=O) groups excluding carboxylic acids is 1. The van der Waals surface area contributed by atoms with Crippen LogP contribution in [-0.2, 0) is 11.4 Å². The monoisotopic (exact) mass is 435 g/mol. The number of halogens is 1. The number of carbonyl (C=O) groups is 1. The molecule has 0 saturated carbocycles. The molecule has 1 N–H and O–H groups in total. The standard InChI is InChI=1S/C23H18BrNO3/c1-27-21-9-5-8-16(22(21)28-14-15-6-3-2-4-7-15)12-19-18-13-17(24)10-11-20(18)25-23(19)26/h2-13H,14H2,1H3,(H,25,26)/b19-12-. The SMILES string of the molecule is COc1cccc(/C=C2\C(=O)Nc3ccc(Br)cc32)c1OCc1ccccc1. The van der Waals surface area contributed by atoms with Crippen LogP contribution in [0.5, 0.6) is 11.5 Å². The number of anilines is 1. The van der Waals surface area contributed by atoms with Crippen molar-refractivity contribution in [2.45, 2.75) is 6.61 Å². The van der Waals surface area contributed by atoms with Gasteiger partial charge in [-0.15, -0.1) is 0 Å². The van der Waals surface area contributed by atoms with Gasteiger partial charge < -0.3 is 14.8 Å². The molecule has 0 spiro atoms. The van der Waals surface area contributed by atoms with Gasteiger partial charge in [0.25, 0.3) is 5.91 Å². The Bertz CT molecular complexity index is 1060. The molecular formula is C23H18BrNO3. The molecule has 0 bridgehead atoms. The fourth-order valence-electron chi connectivity index (χ4n) is 3.15. The summed E-state index contributed by atoms with van der Waals surface area (Å²) in [5.74, 6) is 1.10. The lowest BCUT2D eigenvalue weighted by molar-refractivity contribution is -0.110. The zero-order valence-electron chi connectivity index (χ0n) is 15.2. The minimum Gasteiger partial charge on any atom is -0.493 e. The van der Waals surface area contributed by atoms with Crippen LogP contribution in [0, 0.1) is 0 Å². The first-order valence-corrected chi connectivity index (χ1v) is 9.61. The van der Waals surface area contributed by atoms with Gasteiger partial charge in [-0.25, -0.2) is 0 Å². The maximum Gasteiger partial charge on any atom is 0.256 e. The largest absolute Gasteiger partial charge is 0.493 e. The second kappa shape index (κ2) is 7.90. The highest BCUT2D eigenvalue weighted by Gasteiger charge is 2.25. The van der Waals surface area contributed by atoms with Crippen molar-refractivity contribution >= 4 is 39.2 Å². The molecule has 28 heavy (non-hydrogen) atoms. The van der Waals surface area contributed by atoms with Gasteiger partial charge in [-0.05, 0) is 35.9 Å². The summed E-state index contributed by atoms with van der Waals surface area (Å²) in [6, 6.07) is 21.3. The molecule has 3 aromatic rings. The Morgan fingerprint density at radius 2 is 1.86 bits per heavy atom. The van der Waals surface area contributed by atoms with Crippen LogP contribution in [0.4, 0.5) is 5.69 Å². The predicted molar refractivity (Wildman–Crippen MR) is 114 cm³/mol. The van der Waals surface area contributed by atoms with Gasteiger partial charge in [0.2, 0.25) is 0 Å². The molecule has 4 nitrogen and oxygen atoms in total. The number of amides is 1. The average molecular weight is 436 g/mol. The number of para-hydroxylation sites is 1. The normalized spacial score (nSPS) is 13.9. The summed E-state index contributed by atoms with van der Waals surface area (Å²) in [6.45, 7) is 0.408. The molecular weight excluding hydrogens is 418 g/mol. The van der Waals surface area contributed by atoms with Gasteiger partial charge in [-0.3, -0.25) is 4.79 Å². The van der Waals surface area contributed by atoms with Gasteiger partial charge in [-0.1, -0.05) is 58.4 Å². The number of methoxy groups -OCH3 is 1. The van der Waals surface area contributed by atoms with Gasteiger partial charge >= 0.3 is 0 Å². The molecule has 0 saturated heterocycles. The van der Waals surface area contributed by atoms with E-state index in [9.17, 15) is 4.79 Å². The molecule has 0 aromatic heterocycles. The number of nitrogens with one attached hydrogen (secondary N) is 1. The summed E-state index contributed by atoms with van der Waals surface area (Å²) in [7, 11) is 1.61. The van der Waals surface area contributed by atoms with Crippen molar-refractivity contribution in [2.24, 2.45) is 0 Å². The van der Waals surface area contributed by atoms with Crippen LogP contribution >= 0.6 is 15.9 Å². The van der Waals surface area contributed by atoms with Crippen LogP contribution in [0.3, 0.4) is 0 Å². The number of benzene rings is 3. The van der Waals surface area contributed by atoms with E-state index in [1.165, 1.54) is 0 Å². The maximum absolute atomic E-state index is 12.5. The number of hydrogen-bond acceptors (Lipinski definition) is 3. The van der Waals surface area contributed by atoms with Gasteiger partial charge in [0, 0.05) is 26.9 Å². The topological polar surface area (TPSA) is 47.6 Å². The van der Waals surface area contributed by atoms with Crippen molar-refractivity contribution in [3.63, 3.8) is 0 Å². The molecule has 0 atom stereocenters. The Hall–Kier alpha value is -3.05.